The Morgan fingerprint density at radius 1 is 1.36 bits per heavy atom. The van der Waals surface area contributed by atoms with Crippen molar-refractivity contribution in [1.29, 1.82) is 0 Å². The zero-order chi connectivity index (χ0) is 20.0. The second kappa shape index (κ2) is 7.29. The van der Waals surface area contributed by atoms with Crippen LogP contribution in [0.4, 0.5) is 0 Å². The monoisotopic (exact) mass is 397 g/mol. The minimum atomic E-state index is -0.113. The second-order valence-electron chi connectivity index (χ2n) is 8.01. The van der Waals surface area contributed by atoms with Gasteiger partial charge in [-0.3, -0.25) is 4.79 Å². The van der Waals surface area contributed by atoms with E-state index < -0.39 is 0 Å². The Balaban J connectivity index is 1.77. The average Bonchev–Trinajstić information content (AvgIpc) is 3.32. The first-order valence-corrected chi connectivity index (χ1v) is 10.7. The summed E-state index contributed by atoms with van der Waals surface area (Å²) < 4.78 is 1.88. The summed E-state index contributed by atoms with van der Waals surface area (Å²) in [6.07, 6.45) is 4.07. The number of fused-ring (bicyclic) bond motifs is 1. The van der Waals surface area contributed by atoms with Gasteiger partial charge in [-0.1, -0.05) is 0 Å². The van der Waals surface area contributed by atoms with Crippen molar-refractivity contribution in [3.8, 4) is 11.3 Å². The Morgan fingerprint density at radius 3 is 2.71 bits per heavy atom. The Labute approximate surface area is 169 Å². The van der Waals surface area contributed by atoms with Crippen LogP contribution in [0, 0.1) is 19.8 Å². The van der Waals surface area contributed by atoms with Crippen LogP contribution < -0.4 is 11.1 Å². The number of aryl methyl sites for hydroxylation is 2. The number of carbonyl (C=O) groups is 1. The number of carbonyl (C=O) groups excluding carboxylic acids is 1. The lowest BCUT2D eigenvalue weighted by Gasteiger charge is -2.13. The summed E-state index contributed by atoms with van der Waals surface area (Å²) in [5.74, 6) is 0.436. The van der Waals surface area contributed by atoms with E-state index in [0.717, 1.165) is 22.3 Å². The van der Waals surface area contributed by atoms with E-state index in [4.69, 9.17) is 10.7 Å². The highest BCUT2D eigenvalue weighted by Crippen LogP contribution is 2.33. The quantitative estimate of drug-likeness (QED) is 0.662. The third kappa shape index (κ3) is 3.56. The molecule has 4 rings (SSSR count). The molecule has 1 amide bonds. The summed E-state index contributed by atoms with van der Waals surface area (Å²) in [4.78, 5) is 20.3. The molecule has 28 heavy (non-hydrogen) atoms. The van der Waals surface area contributed by atoms with Gasteiger partial charge in [0, 0.05) is 33.9 Å². The molecule has 1 saturated carbocycles. The predicted molar refractivity (Wildman–Crippen MR) is 114 cm³/mol. The Morgan fingerprint density at radius 2 is 2.11 bits per heavy atom. The van der Waals surface area contributed by atoms with Crippen molar-refractivity contribution < 1.29 is 4.79 Å². The molecule has 1 aliphatic carbocycles. The minimum Gasteiger partial charge on any atom is -0.350 e. The lowest BCUT2D eigenvalue weighted by Crippen LogP contribution is -2.38. The van der Waals surface area contributed by atoms with Gasteiger partial charge in [0.15, 0.2) is 5.65 Å². The van der Waals surface area contributed by atoms with E-state index in [9.17, 15) is 4.79 Å². The molecule has 1 fully saturated rings. The molecule has 0 bridgehead atoms. The number of thiophene rings is 1. The fraction of sp³-hybridized carbons (Fsp3) is 0.476. The summed E-state index contributed by atoms with van der Waals surface area (Å²) in [6.45, 7) is 8.81. The van der Waals surface area contributed by atoms with Gasteiger partial charge in [-0.05, 0) is 58.6 Å². The number of nitrogens with two attached hydrogens (primary N) is 1. The van der Waals surface area contributed by atoms with Crippen LogP contribution in [-0.4, -0.2) is 33.3 Å². The number of aromatic nitrogens is 3. The van der Waals surface area contributed by atoms with Crippen LogP contribution in [0.25, 0.3) is 22.3 Å². The smallest absolute Gasteiger partial charge is 0.252 e. The van der Waals surface area contributed by atoms with Crippen LogP contribution in [0.2, 0.25) is 0 Å². The summed E-state index contributed by atoms with van der Waals surface area (Å²) >= 11 is 1.74. The van der Waals surface area contributed by atoms with Gasteiger partial charge in [-0.25, -0.2) is 9.67 Å². The summed E-state index contributed by atoms with van der Waals surface area (Å²) in [6, 6.07) is 4.21. The van der Waals surface area contributed by atoms with Crippen LogP contribution >= 0.6 is 11.3 Å². The molecule has 3 heterocycles. The lowest BCUT2D eigenvalue weighted by molar-refractivity contribution is 0.0952. The summed E-state index contributed by atoms with van der Waals surface area (Å²) in [5.41, 5.74) is 9.40. The van der Waals surface area contributed by atoms with Crippen LogP contribution in [0.1, 0.15) is 52.8 Å². The molecule has 3 N–H and O–H groups in total. The first kappa shape index (κ1) is 19.1. The highest BCUT2D eigenvalue weighted by atomic mass is 32.1. The molecule has 1 unspecified atom stereocenters. The zero-order valence-corrected chi connectivity index (χ0v) is 17.6. The molecule has 6 nitrogen and oxygen atoms in total. The van der Waals surface area contributed by atoms with Gasteiger partial charge >= 0.3 is 0 Å². The summed E-state index contributed by atoms with van der Waals surface area (Å²) in [7, 11) is 0. The number of hydrogen-bond acceptors (Lipinski definition) is 5. The number of rotatable bonds is 6. The molecular weight excluding hydrogens is 370 g/mol. The van der Waals surface area contributed by atoms with Gasteiger partial charge in [-0.15, -0.1) is 11.3 Å². The van der Waals surface area contributed by atoms with E-state index in [1.807, 2.05) is 10.7 Å². The number of nitrogens with zero attached hydrogens (tertiary/aromatic N) is 3. The molecule has 3 aromatic heterocycles. The Kier molecular flexibility index (Phi) is 4.97. The minimum absolute atomic E-state index is 0.0286. The van der Waals surface area contributed by atoms with Gasteiger partial charge < -0.3 is 11.1 Å². The van der Waals surface area contributed by atoms with E-state index >= 15 is 0 Å². The average molecular weight is 398 g/mol. The molecule has 148 valence electrons. The molecule has 0 aromatic carbocycles. The van der Waals surface area contributed by atoms with Crippen molar-refractivity contribution >= 4 is 28.3 Å². The van der Waals surface area contributed by atoms with Gasteiger partial charge in [0.25, 0.3) is 5.91 Å². The van der Waals surface area contributed by atoms with Crippen LogP contribution in [-0.2, 0) is 0 Å². The van der Waals surface area contributed by atoms with Crippen molar-refractivity contribution in [1.82, 2.24) is 20.1 Å². The largest absolute Gasteiger partial charge is 0.350 e. The van der Waals surface area contributed by atoms with E-state index in [-0.39, 0.29) is 18.0 Å². The molecule has 0 aliphatic heterocycles. The van der Waals surface area contributed by atoms with Gasteiger partial charge in [0.05, 0.1) is 22.8 Å². The van der Waals surface area contributed by atoms with Crippen molar-refractivity contribution in [2.24, 2.45) is 11.7 Å². The standard InChI is InChI=1S/C21H27N5OS/c1-11(2)26-20-17(9-24-26)16(21(27)23-10-18(22)14-5-6-14)8-19(25-20)15-7-12(3)28-13(15)4/h7-9,11,14,18H,5-6,10,22H2,1-4H3,(H,23,27). The van der Waals surface area contributed by atoms with Gasteiger partial charge in [0.2, 0.25) is 0 Å². The van der Waals surface area contributed by atoms with Crippen molar-refractivity contribution in [2.45, 2.75) is 52.6 Å². The highest BCUT2D eigenvalue weighted by Gasteiger charge is 2.29. The Bertz CT molecular complexity index is 1030. The molecular formula is C21H27N5OS. The zero-order valence-electron chi connectivity index (χ0n) is 16.8. The molecule has 0 radical (unpaired) electrons. The molecule has 1 aliphatic rings. The first-order valence-electron chi connectivity index (χ1n) is 9.84. The molecule has 0 saturated heterocycles. The molecule has 7 heteroatoms. The third-order valence-corrected chi connectivity index (χ3v) is 6.31. The number of amides is 1. The second-order valence-corrected chi connectivity index (χ2v) is 9.47. The van der Waals surface area contributed by atoms with Crippen LogP contribution in [0.15, 0.2) is 18.3 Å². The molecule has 1 atom stereocenters. The van der Waals surface area contributed by atoms with Gasteiger partial charge in [-0.2, -0.15) is 5.10 Å². The van der Waals surface area contributed by atoms with Crippen LogP contribution in [0.5, 0.6) is 0 Å². The number of pyridine rings is 1. The SMILES string of the molecule is Cc1cc(-c2cc(C(=O)NCC(N)C3CC3)c3cnn(C(C)C)c3n2)c(C)s1. The topological polar surface area (TPSA) is 85.8 Å². The molecule has 0 spiro atoms. The normalized spacial score (nSPS) is 15.4. The maximum atomic E-state index is 13.0. The van der Waals surface area contributed by atoms with E-state index in [1.165, 1.54) is 22.6 Å². The van der Waals surface area contributed by atoms with E-state index in [2.05, 4.69) is 44.2 Å². The van der Waals surface area contributed by atoms with Crippen molar-refractivity contribution in [2.75, 3.05) is 6.54 Å². The maximum absolute atomic E-state index is 13.0. The number of nitrogens with one attached hydrogen (secondary N) is 1. The van der Waals surface area contributed by atoms with Crippen molar-refractivity contribution in [3.05, 3.63) is 33.6 Å². The third-order valence-electron chi connectivity index (χ3n) is 5.34. The maximum Gasteiger partial charge on any atom is 0.252 e. The lowest BCUT2D eigenvalue weighted by atomic mass is 10.1. The van der Waals surface area contributed by atoms with Crippen molar-refractivity contribution in [3.63, 3.8) is 0 Å². The van der Waals surface area contributed by atoms with Crippen LogP contribution in [0.3, 0.4) is 0 Å². The van der Waals surface area contributed by atoms with E-state index in [1.54, 1.807) is 17.5 Å². The highest BCUT2D eigenvalue weighted by molar-refractivity contribution is 7.12. The molecule has 3 aromatic rings. The van der Waals surface area contributed by atoms with Gasteiger partial charge in [0.1, 0.15) is 0 Å². The fourth-order valence-corrected chi connectivity index (χ4v) is 4.54. The fourth-order valence-electron chi connectivity index (χ4n) is 3.60. The predicted octanol–water partition coefficient (Wildman–Crippen LogP) is 3.82. The first-order chi connectivity index (χ1) is 13.3. The Hall–Kier alpha value is -2.25. The summed E-state index contributed by atoms with van der Waals surface area (Å²) in [5, 5.41) is 8.29. The number of hydrogen-bond donors (Lipinski definition) is 2. The van der Waals surface area contributed by atoms with E-state index in [0.29, 0.717) is 18.0 Å².